The summed E-state index contributed by atoms with van der Waals surface area (Å²) in [4.78, 5) is 89.9. The maximum atomic E-state index is 13.1. The number of carboxylic acid groups (broad SMARTS) is 1. The van der Waals surface area contributed by atoms with Gasteiger partial charge in [-0.2, -0.15) is 0 Å². The Hall–Kier alpha value is -4.24. The molecule has 0 spiro atoms. The monoisotopic (exact) mass is 540 g/mol. The van der Waals surface area contributed by atoms with Crippen LogP contribution in [0.25, 0.3) is 0 Å². The first-order chi connectivity index (χ1) is 17.8. The van der Waals surface area contributed by atoms with Crippen LogP contribution in [0.5, 0.6) is 0 Å². The molecule has 0 radical (unpaired) electrons. The van der Waals surface area contributed by atoms with E-state index in [1.165, 1.54) is 4.90 Å². The second kappa shape index (κ2) is 15.1. The maximum Gasteiger partial charge on any atom is 0.305 e. The van der Waals surface area contributed by atoms with E-state index in [1.54, 1.807) is 13.8 Å². The van der Waals surface area contributed by atoms with Crippen molar-refractivity contribution in [2.24, 2.45) is 28.1 Å². The molecule has 212 valence electrons. The number of Topliss-reactive ketones (excluding diaryl/α,β-unsaturated/α-hetero) is 1. The number of rotatable bonds is 16. The number of likely N-dealkylation sites (tertiary alicyclic amines) is 1. The van der Waals surface area contributed by atoms with Gasteiger partial charge in [0.2, 0.25) is 29.9 Å². The molecule has 4 atom stereocenters. The predicted octanol–water partition coefficient (Wildman–Crippen LogP) is -3.70. The zero-order valence-electron chi connectivity index (χ0n) is 21.3. The predicted molar refractivity (Wildman–Crippen MR) is 133 cm³/mol. The van der Waals surface area contributed by atoms with Crippen LogP contribution in [0, 0.1) is 5.92 Å². The van der Waals surface area contributed by atoms with E-state index in [-0.39, 0.29) is 31.9 Å². The molecule has 0 aromatic rings. The molecular formula is C22H36N8O8. The standard InChI is InChI=1S/C22H36N8O8/c1-11(2)16(17(34)18(23)35)29-19(36)13(9-15(32)33)28-20(37)14-6-4-8-30(14)21(38)12(27-10-31)5-3-7-26-22(24)25/h10-14,16H,3-9H2,1-2H3,(H2,23,35)(H,27,31)(H,28,37)(H,29,36)(H,32,33)(H4,24,25,26)/t12-,13-,14-,16-/m0/s1. The highest BCUT2D eigenvalue weighted by molar-refractivity contribution is 6.38. The smallest absolute Gasteiger partial charge is 0.305 e. The highest BCUT2D eigenvalue weighted by atomic mass is 16.4. The number of hydrogen-bond acceptors (Lipinski definition) is 8. The Morgan fingerprint density at radius 3 is 2.26 bits per heavy atom. The zero-order chi connectivity index (χ0) is 29.0. The number of hydrogen-bond donors (Lipinski definition) is 7. The third-order valence-corrected chi connectivity index (χ3v) is 5.85. The van der Waals surface area contributed by atoms with Crippen LogP contribution in [0.2, 0.25) is 0 Å². The van der Waals surface area contributed by atoms with Crippen molar-refractivity contribution >= 4 is 47.8 Å². The van der Waals surface area contributed by atoms with E-state index in [0.717, 1.165) is 0 Å². The lowest BCUT2D eigenvalue weighted by Gasteiger charge is -2.29. The van der Waals surface area contributed by atoms with E-state index in [4.69, 9.17) is 17.2 Å². The molecule has 38 heavy (non-hydrogen) atoms. The topological polar surface area (TPSA) is 269 Å². The highest BCUT2D eigenvalue weighted by Crippen LogP contribution is 2.20. The summed E-state index contributed by atoms with van der Waals surface area (Å²) in [6.45, 7) is 3.50. The third-order valence-electron chi connectivity index (χ3n) is 5.85. The van der Waals surface area contributed by atoms with E-state index < -0.39 is 71.9 Å². The van der Waals surface area contributed by atoms with Gasteiger partial charge < -0.3 is 43.2 Å². The van der Waals surface area contributed by atoms with Crippen LogP contribution in [-0.4, -0.2) is 95.0 Å². The summed E-state index contributed by atoms with van der Waals surface area (Å²) in [5, 5.41) is 16.3. The lowest BCUT2D eigenvalue weighted by atomic mass is 9.98. The second-order valence-corrected chi connectivity index (χ2v) is 9.09. The van der Waals surface area contributed by atoms with E-state index in [0.29, 0.717) is 19.3 Å². The summed E-state index contributed by atoms with van der Waals surface area (Å²) in [5.41, 5.74) is 15.6. The Morgan fingerprint density at radius 2 is 1.74 bits per heavy atom. The molecule has 0 aromatic carbocycles. The van der Waals surface area contributed by atoms with Crippen LogP contribution >= 0.6 is 0 Å². The number of carbonyl (C=O) groups excluding carboxylic acids is 6. The molecule has 1 heterocycles. The van der Waals surface area contributed by atoms with Crippen molar-refractivity contribution in [1.29, 1.82) is 0 Å². The molecule has 0 saturated carbocycles. The van der Waals surface area contributed by atoms with Gasteiger partial charge in [-0.15, -0.1) is 0 Å². The minimum Gasteiger partial charge on any atom is -0.481 e. The summed E-state index contributed by atoms with van der Waals surface area (Å²) in [6.07, 6.45) is 0.767. The van der Waals surface area contributed by atoms with Gasteiger partial charge in [0, 0.05) is 13.1 Å². The first kappa shape index (κ1) is 31.8. The van der Waals surface area contributed by atoms with Gasteiger partial charge in [0.25, 0.3) is 5.91 Å². The maximum absolute atomic E-state index is 13.1. The Bertz CT molecular complexity index is 950. The van der Waals surface area contributed by atoms with E-state index in [9.17, 15) is 38.7 Å². The SMILES string of the molecule is CC(C)[C@H](NC(=O)[C@H](CC(=O)O)NC(=O)[C@@H]1CCCN1C(=O)[C@H](CCCN=C(N)N)NC=O)C(=O)C(N)=O. The Balaban J connectivity index is 3.01. The van der Waals surface area contributed by atoms with Crippen LogP contribution in [0.3, 0.4) is 0 Å². The summed E-state index contributed by atoms with van der Waals surface area (Å²) >= 11 is 0. The van der Waals surface area contributed by atoms with Gasteiger partial charge in [0.1, 0.15) is 18.1 Å². The van der Waals surface area contributed by atoms with Gasteiger partial charge in [-0.05, 0) is 31.6 Å². The summed E-state index contributed by atoms with van der Waals surface area (Å²) in [7, 11) is 0. The van der Waals surface area contributed by atoms with Crippen LogP contribution in [0.15, 0.2) is 4.99 Å². The van der Waals surface area contributed by atoms with Gasteiger partial charge in [0.05, 0.1) is 12.5 Å². The van der Waals surface area contributed by atoms with Crippen molar-refractivity contribution in [2.75, 3.05) is 13.1 Å². The van der Waals surface area contributed by atoms with Crippen molar-refractivity contribution in [2.45, 2.75) is 70.1 Å². The number of ketones is 1. The second-order valence-electron chi connectivity index (χ2n) is 9.09. The van der Waals surface area contributed by atoms with Crippen LogP contribution in [0.4, 0.5) is 0 Å². The molecule has 1 aliphatic heterocycles. The molecule has 1 rings (SSSR count). The number of nitrogens with zero attached hydrogens (tertiary/aromatic N) is 2. The molecule has 1 fully saturated rings. The number of nitrogens with one attached hydrogen (secondary N) is 3. The van der Waals surface area contributed by atoms with E-state index >= 15 is 0 Å². The molecule has 16 nitrogen and oxygen atoms in total. The molecule has 1 saturated heterocycles. The third kappa shape index (κ3) is 9.67. The largest absolute Gasteiger partial charge is 0.481 e. The number of carbonyl (C=O) groups is 7. The quantitative estimate of drug-likeness (QED) is 0.0331. The van der Waals surface area contributed by atoms with Crippen molar-refractivity contribution in [3.63, 3.8) is 0 Å². The number of aliphatic imine (C=N–C) groups is 1. The molecule has 0 unspecified atom stereocenters. The first-order valence-electron chi connectivity index (χ1n) is 12.0. The Kier molecular flexibility index (Phi) is 12.6. The number of amides is 5. The fourth-order valence-corrected chi connectivity index (χ4v) is 3.96. The summed E-state index contributed by atoms with van der Waals surface area (Å²) < 4.78 is 0. The van der Waals surface area contributed by atoms with Crippen molar-refractivity contribution in [3.05, 3.63) is 0 Å². The molecule has 5 amide bonds. The molecule has 10 N–H and O–H groups in total. The molecule has 16 heteroatoms. The minimum atomic E-state index is -1.61. The van der Waals surface area contributed by atoms with Gasteiger partial charge >= 0.3 is 5.97 Å². The molecule has 0 aromatic heterocycles. The van der Waals surface area contributed by atoms with Crippen molar-refractivity contribution < 1.29 is 38.7 Å². The van der Waals surface area contributed by atoms with Crippen LogP contribution < -0.4 is 33.2 Å². The van der Waals surface area contributed by atoms with E-state index in [2.05, 4.69) is 20.9 Å². The molecule has 0 bridgehead atoms. The normalized spacial score (nSPS) is 17.0. The lowest BCUT2D eigenvalue weighted by molar-refractivity contribution is -0.144. The highest BCUT2D eigenvalue weighted by Gasteiger charge is 2.39. The first-order valence-corrected chi connectivity index (χ1v) is 12.0. The van der Waals surface area contributed by atoms with Gasteiger partial charge in [-0.3, -0.25) is 38.6 Å². The Morgan fingerprint density at radius 1 is 1.08 bits per heavy atom. The fourth-order valence-electron chi connectivity index (χ4n) is 3.96. The number of aliphatic carboxylic acids is 1. The van der Waals surface area contributed by atoms with Gasteiger partial charge in [0.15, 0.2) is 5.96 Å². The van der Waals surface area contributed by atoms with Gasteiger partial charge in [-0.25, -0.2) is 0 Å². The minimum absolute atomic E-state index is 0.119. The fraction of sp³-hybridized carbons (Fsp3) is 0.636. The molecule has 0 aliphatic carbocycles. The van der Waals surface area contributed by atoms with Crippen molar-refractivity contribution in [3.8, 4) is 0 Å². The van der Waals surface area contributed by atoms with Crippen LogP contribution in [-0.2, 0) is 33.6 Å². The average Bonchev–Trinajstić information content (AvgIpc) is 3.32. The number of guanidine groups is 1. The molecule has 1 aliphatic rings. The average molecular weight is 541 g/mol. The van der Waals surface area contributed by atoms with Crippen LogP contribution in [0.1, 0.15) is 46.0 Å². The number of nitrogens with two attached hydrogens (primary N) is 3. The summed E-state index contributed by atoms with van der Waals surface area (Å²) in [6, 6.07) is -4.93. The Labute approximate surface area is 219 Å². The number of primary amides is 1. The van der Waals surface area contributed by atoms with Gasteiger partial charge in [-0.1, -0.05) is 13.8 Å². The molecular weight excluding hydrogens is 504 g/mol. The number of carboxylic acids is 1. The zero-order valence-corrected chi connectivity index (χ0v) is 21.3. The summed E-state index contributed by atoms with van der Waals surface area (Å²) in [5.74, 6) is -6.78. The van der Waals surface area contributed by atoms with Crippen molar-refractivity contribution in [1.82, 2.24) is 20.9 Å². The lowest BCUT2D eigenvalue weighted by Crippen LogP contribution is -2.58. The van der Waals surface area contributed by atoms with E-state index in [1.807, 2.05) is 0 Å².